The molecule has 2 atom stereocenters. The minimum Gasteiger partial charge on any atom is -0.452 e. The fraction of sp³-hybridized carbons (Fsp3) is 0.625. The number of carbonyl (C=O) groups is 2. The molecule has 0 spiro atoms. The summed E-state index contributed by atoms with van der Waals surface area (Å²) in [4.78, 5) is 23.4. The molecule has 28 heavy (non-hydrogen) atoms. The number of alkyl halides is 6. The van der Waals surface area contributed by atoms with Gasteiger partial charge in [0.1, 0.15) is 0 Å². The molecule has 162 valence electrons. The first kappa shape index (κ1) is 25.9. The second-order valence-electron chi connectivity index (χ2n) is 5.61. The molecule has 0 aromatic rings. The van der Waals surface area contributed by atoms with Gasteiger partial charge >= 0.3 is 24.2 Å². The van der Waals surface area contributed by atoms with Crippen molar-refractivity contribution >= 4 is 11.9 Å². The summed E-state index contributed by atoms with van der Waals surface area (Å²) >= 11 is 0. The normalized spacial score (nSPS) is 14.1. The largest absolute Gasteiger partial charge is 0.452 e. The maximum atomic E-state index is 13.0. The van der Waals surface area contributed by atoms with Gasteiger partial charge in [0.2, 0.25) is 0 Å². The molecule has 0 saturated heterocycles. The SMILES string of the molecule is C=C(C)C(=O)OC(COC(F)(F)CF)C(COC(F)(F)CF)OC(=O)C(=C)C. The second kappa shape index (κ2) is 11.1. The summed E-state index contributed by atoms with van der Waals surface area (Å²) in [6, 6.07) is 0. The van der Waals surface area contributed by atoms with Gasteiger partial charge in [0.25, 0.3) is 0 Å². The first-order chi connectivity index (χ1) is 12.7. The van der Waals surface area contributed by atoms with Crippen LogP contribution in [-0.2, 0) is 28.5 Å². The van der Waals surface area contributed by atoms with E-state index in [0.717, 1.165) is 0 Å². The van der Waals surface area contributed by atoms with Gasteiger partial charge in [-0.3, -0.25) is 0 Å². The lowest BCUT2D eigenvalue weighted by atomic mass is 10.2. The maximum absolute atomic E-state index is 13.0. The molecule has 0 heterocycles. The summed E-state index contributed by atoms with van der Waals surface area (Å²) in [5.74, 6) is -2.35. The maximum Gasteiger partial charge on any atom is 0.384 e. The Morgan fingerprint density at radius 1 is 0.786 bits per heavy atom. The third-order valence-corrected chi connectivity index (χ3v) is 2.86. The van der Waals surface area contributed by atoms with E-state index in [1.807, 2.05) is 0 Å². The molecule has 0 radical (unpaired) electrons. The molecule has 0 aliphatic heterocycles. The van der Waals surface area contributed by atoms with E-state index in [-0.39, 0.29) is 11.1 Å². The van der Waals surface area contributed by atoms with Crippen molar-refractivity contribution in [3.8, 4) is 0 Å². The Morgan fingerprint density at radius 2 is 1.07 bits per heavy atom. The number of carbonyl (C=O) groups excluding carboxylic acids is 2. The molecule has 0 N–H and O–H groups in total. The van der Waals surface area contributed by atoms with Gasteiger partial charge in [-0.1, -0.05) is 13.2 Å². The van der Waals surface area contributed by atoms with Crippen LogP contribution >= 0.6 is 0 Å². The predicted molar refractivity (Wildman–Crippen MR) is 83.1 cm³/mol. The van der Waals surface area contributed by atoms with Crippen molar-refractivity contribution in [1.29, 1.82) is 0 Å². The van der Waals surface area contributed by atoms with Crippen molar-refractivity contribution in [2.45, 2.75) is 38.3 Å². The highest BCUT2D eigenvalue weighted by Gasteiger charge is 2.39. The zero-order valence-electron chi connectivity index (χ0n) is 15.1. The first-order valence-corrected chi connectivity index (χ1v) is 7.63. The topological polar surface area (TPSA) is 71.1 Å². The van der Waals surface area contributed by atoms with Crippen LogP contribution in [0.4, 0.5) is 26.3 Å². The molecule has 2 unspecified atom stereocenters. The number of esters is 2. The Kier molecular flexibility index (Phi) is 10.2. The smallest absolute Gasteiger partial charge is 0.384 e. The van der Waals surface area contributed by atoms with Gasteiger partial charge in [-0.15, -0.1) is 0 Å². The molecular weight excluding hydrogens is 402 g/mol. The third-order valence-electron chi connectivity index (χ3n) is 2.86. The average molecular weight is 422 g/mol. The van der Waals surface area contributed by atoms with E-state index in [9.17, 15) is 35.9 Å². The standard InChI is InChI=1S/C16H20F6O6/c1-9(2)13(23)27-11(5-25-15(19,20)7-17)12(28-14(24)10(3)4)6-26-16(21,22)8-18/h11-12H,1,3,5-8H2,2,4H3. The average Bonchev–Trinajstić information content (AvgIpc) is 2.61. The predicted octanol–water partition coefficient (Wildman–Crippen LogP) is 3.12. The van der Waals surface area contributed by atoms with Gasteiger partial charge in [0, 0.05) is 11.1 Å². The molecule has 0 bridgehead atoms. The van der Waals surface area contributed by atoms with Gasteiger partial charge in [-0.05, 0) is 13.8 Å². The minimum absolute atomic E-state index is 0.220. The summed E-state index contributed by atoms with van der Waals surface area (Å²) < 4.78 is 93.9. The molecule has 0 saturated carbocycles. The molecule has 0 aliphatic carbocycles. The van der Waals surface area contributed by atoms with E-state index in [1.165, 1.54) is 13.8 Å². The van der Waals surface area contributed by atoms with E-state index in [4.69, 9.17) is 9.47 Å². The fourth-order valence-electron chi connectivity index (χ4n) is 1.40. The number of halogens is 6. The molecule has 0 aliphatic rings. The Bertz CT molecular complexity index is 530. The van der Waals surface area contributed by atoms with E-state index in [2.05, 4.69) is 22.6 Å². The second-order valence-corrected chi connectivity index (χ2v) is 5.61. The molecule has 12 heteroatoms. The van der Waals surface area contributed by atoms with E-state index < -0.39 is 62.9 Å². The molecule has 0 fully saturated rings. The summed E-state index contributed by atoms with van der Waals surface area (Å²) in [6.45, 7) is 1.82. The number of hydrogen-bond donors (Lipinski definition) is 0. The van der Waals surface area contributed by atoms with Crippen molar-refractivity contribution in [2.24, 2.45) is 0 Å². The van der Waals surface area contributed by atoms with Crippen LogP contribution in [0.5, 0.6) is 0 Å². The van der Waals surface area contributed by atoms with Crippen molar-refractivity contribution in [1.82, 2.24) is 0 Å². The van der Waals surface area contributed by atoms with Crippen LogP contribution in [-0.4, -0.2) is 62.9 Å². The lowest BCUT2D eigenvalue weighted by Gasteiger charge is -2.28. The lowest BCUT2D eigenvalue weighted by Crippen LogP contribution is -2.45. The fourth-order valence-corrected chi connectivity index (χ4v) is 1.40. The van der Waals surface area contributed by atoms with E-state index >= 15 is 0 Å². The van der Waals surface area contributed by atoms with Crippen LogP contribution in [0.1, 0.15) is 13.8 Å². The van der Waals surface area contributed by atoms with Crippen LogP contribution in [0, 0.1) is 0 Å². The summed E-state index contributed by atoms with van der Waals surface area (Å²) in [5.41, 5.74) is -0.440. The quantitative estimate of drug-likeness (QED) is 0.258. The van der Waals surface area contributed by atoms with Crippen molar-refractivity contribution in [3.05, 3.63) is 24.3 Å². The Morgan fingerprint density at radius 3 is 1.29 bits per heavy atom. The van der Waals surface area contributed by atoms with Crippen molar-refractivity contribution in [2.75, 3.05) is 26.6 Å². The van der Waals surface area contributed by atoms with Gasteiger partial charge in [0.05, 0.1) is 13.2 Å². The van der Waals surface area contributed by atoms with Gasteiger partial charge in [-0.25, -0.2) is 18.4 Å². The minimum atomic E-state index is -4.29. The zero-order valence-corrected chi connectivity index (χ0v) is 15.1. The Labute approximate surface area is 157 Å². The molecular formula is C16H20F6O6. The number of ether oxygens (including phenoxy) is 4. The summed E-state index contributed by atoms with van der Waals surface area (Å²) in [6.07, 6.45) is -12.5. The highest BCUT2D eigenvalue weighted by Crippen LogP contribution is 2.22. The van der Waals surface area contributed by atoms with Crippen molar-refractivity contribution < 1.29 is 54.9 Å². The molecule has 6 nitrogen and oxygen atoms in total. The molecule has 0 aromatic carbocycles. The van der Waals surface area contributed by atoms with Gasteiger partial charge in [-0.2, -0.15) is 17.6 Å². The van der Waals surface area contributed by atoms with Gasteiger partial charge in [0.15, 0.2) is 25.6 Å². The van der Waals surface area contributed by atoms with E-state index in [0.29, 0.717) is 0 Å². The van der Waals surface area contributed by atoms with E-state index in [1.54, 1.807) is 0 Å². The van der Waals surface area contributed by atoms with Crippen LogP contribution in [0.3, 0.4) is 0 Å². The summed E-state index contributed by atoms with van der Waals surface area (Å²) in [7, 11) is 0. The monoisotopic (exact) mass is 422 g/mol. The lowest BCUT2D eigenvalue weighted by molar-refractivity contribution is -0.277. The first-order valence-electron chi connectivity index (χ1n) is 7.63. The molecule has 0 rings (SSSR count). The van der Waals surface area contributed by atoms with Crippen molar-refractivity contribution in [3.63, 3.8) is 0 Å². The molecule has 0 amide bonds. The third kappa shape index (κ3) is 9.74. The highest BCUT2D eigenvalue weighted by molar-refractivity contribution is 5.88. The number of rotatable bonds is 13. The Balaban J connectivity index is 5.59. The van der Waals surface area contributed by atoms with Crippen LogP contribution in [0.15, 0.2) is 24.3 Å². The van der Waals surface area contributed by atoms with Crippen LogP contribution in [0.25, 0.3) is 0 Å². The highest BCUT2D eigenvalue weighted by atomic mass is 19.3. The van der Waals surface area contributed by atoms with Crippen LogP contribution in [0.2, 0.25) is 0 Å². The molecule has 0 aromatic heterocycles. The summed E-state index contributed by atoms with van der Waals surface area (Å²) in [5, 5.41) is 0. The van der Waals surface area contributed by atoms with Crippen LogP contribution < -0.4 is 0 Å². The Hall–Kier alpha value is -2.08. The number of hydrogen-bond acceptors (Lipinski definition) is 6. The van der Waals surface area contributed by atoms with Gasteiger partial charge < -0.3 is 18.9 Å². The zero-order chi connectivity index (χ0) is 22.1.